The van der Waals surface area contributed by atoms with Gasteiger partial charge in [0, 0.05) is 4.47 Å². The van der Waals surface area contributed by atoms with E-state index in [0.717, 1.165) is 4.47 Å². The highest BCUT2D eigenvalue weighted by Gasteiger charge is 2.22. The van der Waals surface area contributed by atoms with Gasteiger partial charge in [0.2, 0.25) is 15.9 Å². The molecule has 0 saturated heterocycles. The molecule has 0 aliphatic carbocycles. The van der Waals surface area contributed by atoms with Crippen LogP contribution in [0.4, 0.5) is 5.69 Å². The van der Waals surface area contributed by atoms with Gasteiger partial charge in [-0.25, -0.2) is 8.42 Å². The summed E-state index contributed by atoms with van der Waals surface area (Å²) in [6, 6.07) is 14.1. The molecule has 2 aromatic carbocycles. The molecule has 7 heteroatoms. The molecule has 1 amide bonds. The topological polar surface area (TPSA) is 75.3 Å². The van der Waals surface area contributed by atoms with Crippen LogP contribution in [-0.2, 0) is 14.8 Å². The van der Waals surface area contributed by atoms with Gasteiger partial charge >= 0.3 is 0 Å². The maximum Gasteiger partial charge on any atom is 0.242 e. The molecule has 2 N–H and O–H groups in total. The van der Waals surface area contributed by atoms with Crippen molar-refractivity contribution in [3.05, 3.63) is 59.1 Å². The van der Waals surface area contributed by atoms with E-state index in [4.69, 9.17) is 0 Å². The van der Waals surface area contributed by atoms with Crippen LogP contribution in [-0.4, -0.2) is 20.4 Å². The van der Waals surface area contributed by atoms with E-state index in [1.807, 2.05) is 6.07 Å². The van der Waals surface area contributed by atoms with E-state index in [1.165, 1.54) is 19.1 Å². The lowest BCUT2D eigenvalue weighted by molar-refractivity contribution is -0.117. The fraction of sp³-hybridized carbons (Fsp3) is 0.133. The van der Waals surface area contributed by atoms with E-state index in [9.17, 15) is 13.2 Å². The average molecular weight is 383 g/mol. The number of halogens is 1. The van der Waals surface area contributed by atoms with Crippen molar-refractivity contribution in [2.75, 3.05) is 5.32 Å². The van der Waals surface area contributed by atoms with Crippen molar-refractivity contribution in [1.29, 1.82) is 0 Å². The molecular weight excluding hydrogens is 368 g/mol. The average Bonchev–Trinajstić information content (AvgIpc) is 2.50. The number of nitrogens with one attached hydrogen (secondary N) is 2. The van der Waals surface area contributed by atoms with Gasteiger partial charge in [-0.1, -0.05) is 30.3 Å². The summed E-state index contributed by atoms with van der Waals surface area (Å²) < 4.78 is 27.4. The highest BCUT2D eigenvalue weighted by molar-refractivity contribution is 9.10. The molecule has 0 aliphatic heterocycles. The zero-order valence-corrected chi connectivity index (χ0v) is 14.2. The lowest BCUT2D eigenvalue weighted by Crippen LogP contribution is -2.41. The summed E-state index contributed by atoms with van der Waals surface area (Å²) in [5.74, 6) is -0.439. The number of hydrogen-bond donors (Lipinski definition) is 2. The Morgan fingerprint density at radius 3 is 2.27 bits per heavy atom. The van der Waals surface area contributed by atoms with E-state index in [1.54, 1.807) is 36.4 Å². The summed E-state index contributed by atoms with van der Waals surface area (Å²) >= 11 is 3.32. The van der Waals surface area contributed by atoms with E-state index in [2.05, 4.69) is 26.0 Å². The number of anilines is 1. The Balaban J connectivity index is 2.07. The fourth-order valence-electron chi connectivity index (χ4n) is 1.76. The minimum absolute atomic E-state index is 0.121. The Labute approximate surface area is 137 Å². The van der Waals surface area contributed by atoms with Crippen LogP contribution < -0.4 is 10.0 Å². The molecule has 0 spiro atoms. The van der Waals surface area contributed by atoms with Crippen molar-refractivity contribution >= 4 is 37.5 Å². The molecule has 2 aromatic rings. The number of hydrogen-bond acceptors (Lipinski definition) is 3. The highest BCUT2D eigenvalue weighted by atomic mass is 79.9. The lowest BCUT2D eigenvalue weighted by atomic mass is 10.3. The number of sulfonamides is 1. The lowest BCUT2D eigenvalue weighted by Gasteiger charge is -2.15. The summed E-state index contributed by atoms with van der Waals surface area (Å²) in [7, 11) is -3.73. The first-order valence-corrected chi connectivity index (χ1v) is 8.80. The van der Waals surface area contributed by atoms with Crippen molar-refractivity contribution in [2.24, 2.45) is 0 Å². The normalized spacial score (nSPS) is 12.6. The van der Waals surface area contributed by atoms with Gasteiger partial charge in [-0.15, -0.1) is 0 Å². The number of rotatable bonds is 5. The zero-order valence-electron chi connectivity index (χ0n) is 11.8. The van der Waals surface area contributed by atoms with Gasteiger partial charge in [-0.2, -0.15) is 4.72 Å². The number of para-hydroxylation sites is 1. The van der Waals surface area contributed by atoms with Crippen LogP contribution in [0.1, 0.15) is 6.92 Å². The predicted octanol–water partition coefficient (Wildman–Crippen LogP) is 2.75. The van der Waals surface area contributed by atoms with E-state index in [-0.39, 0.29) is 4.90 Å². The van der Waals surface area contributed by atoms with Crippen LogP contribution in [0.2, 0.25) is 0 Å². The van der Waals surface area contributed by atoms with Gasteiger partial charge < -0.3 is 5.32 Å². The van der Waals surface area contributed by atoms with Crippen LogP contribution in [0.3, 0.4) is 0 Å². The van der Waals surface area contributed by atoms with Gasteiger partial charge in [0.15, 0.2) is 0 Å². The Morgan fingerprint density at radius 1 is 1.05 bits per heavy atom. The minimum atomic E-state index is -3.73. The summed E-state index contributed by atoms with van der Waals surface area (Å²) in [6.07, 6.45) is 0. The third kappa shape index (κ3) is 4.16. The maximum absolute atomic E-state index is 12.2. The first kappa shape index (κ1) is 16.7. The third-order valence-corrected chi connectivity index (χ3v) is 5.16. The second kappa shape index (κ2) is 7.04. The molecule has 0 bridgehead atoms. The zero-order chi connectivity index (χ0) is 16.2. The Bertz CT molecular complexity index is 763. The fourth-order valence-corrected chi connectivity index (χ4v) is 3.37. The van der Waals surface area contributed by atoms with Gasteiger partial charge in [-0.05, 0) is 47.1 Å². The number of carbonyl (C=O) groups excluding carboxylic acids is 1. The minimum Gasteiger partial charge on any atom is -0.324 e. The second-order valence-corrected chi connectivity index (χ2v) is 7.19. The molecule has 0 radical (unpaired) electrons. The Hall–Kier alpha value is -1.70. The monoisotopic (exact) mass is 382 g/mol. The third-order valence-electron chi connectivity index (χ3n) is 2.91. The van der Waals surface area contributed by atoms with E-state index in [0.29, 0.717) is 5.69 Å². The summed E-state index contributed by atoms with van der Waals surface area (Å²) in [5.41, 5.74) is 0.582. The highest BCUT2D eigenvalue weighted by Crippen LogP contribution is 2.21. The summed E-state index contributed by atoms with van der Waals surface area (Å²) in [6.45, 7) is 1.49. The molecule has 0 fully saturated rings. The van der Waals surface area contributed by atoms with Crippen LogP contribution >= 0.6 is 15.9 Å². The molecule has 0 unspecified atom stereocenters. The molecule has 0 saturated carbocycles. The Kier molecular flexibility index (Phi) is 5.33. The standard InChI is InChI=1S/C15H15BrN2O3S/c1-11(15(19)17-14-10-6-5-9-13(14)16)18-22(20,21)12-7-3-2-4-8-12/h2-11,18H,1H3,(H,17,19)/t11-/m1/s1. The molecule has 0 aromatic heterocycles. The quantitative estimate of drug-likeness (QED) is 0.834. The van der Waals surface area contributed by atoms with Crippen LogP contribution in [0.25, 0.3) is 0 Å². The molecule has 0 heterocycles. The van der Waals surface area contributed by atoms with Gasteiger partial charge in [0.25, 0.3) is 0 Å². The predicted molar refractivity (Wildman–Crippen MR) is 89.0 cm³/mol. The first-order chi connectivity index (χ1) is 10.4. The number of amides is 1. The molecule has 0 aliphatic rings. The van der Waals surface area contributed by atoms with Crippen molar-refractivity contribution in [1.82, 2.24) is 4.72 Å². The van der Waals surface area contributed by atoms with Gasteiger partial charge in [0.1, 0.15) is 0 Å². The SMILES string of the molecule is C[C@@H](NS(=O)(=O)c1ccccc1)C(=O)Nc1ccccc1Br. The second-order valence-electron chi connectivity index (χ2n) is 4.63. The van der Waals surface area contributed by atoms with Crippen molar-refractivity contribution in [3.63, 3.8) is 0 Å². The van der Waals surface area contributed by atoms with Gasteiger partial charge in [-0.3, -0.25) is 4.79 Å². The van der Waals surface area contributed by atoms with Crippen LogP contribution in [0, 0.1) is 0 Å². The number of benzene rings is 2. The van der Waals surface area contributed by atoms with Crippen LogP contribution in [0.5, 0.6) is 0 Å². The van der Waals surface area contributed by atoms with Gasteiger partial charge in [0.05, 0.1) is 16.6 Å². The molecule has 5 nitrogen and oxygen atoms in total. The Morgan fingerprint density at radius 2 is 1.64 bits per heavy atom. The molecular formula is C15H15BrN2O3S. The summed E-state index contributed by atoms with van der Waals surface area (Å²) in [4.78, 5) is 12.2. The molecule has 22 heavy (non-hydrogen) atoms. The molecule has 2 rings (SSSR count). The maximum atomic E-state index is 12.2. The van der Waals surface area contributed by atoms with Crippen molar-refractivity contribution < 1.29 is 13.2 Å². The number of carbonyl (C=O) groups is 1. The van der Waals surface area contributed by atoms with Crippen molar-refractivity contribution in [3.8, 4) is 0 Å². The van der Waals surface area contributed by atoms with Crippen LogP contribution in [0.15, 0.2) is 64.0 Å². The van der Waals surface area contributed by atoms with E-state index < -0.39 is 22.0 Å². The largest absolute Gasteiger partial charge is 0.324 e. The van der Waals surface area contributed by atoms with Crippen molar-refractivity contribution in [2.45, 2.75) is 17.9 Å². The summed E-state index contributed by atoms with van der Waals surface area (Å²) in [5, 5.41) is 2.67. The molecule has 1 atom stereocenters. The smallest absolute Gasteiger partial charge is 0.242 e. The first-order valence-electron chi connectivity index (χ1n) is 6.53. The van der Waals surface area contributed by atoms with E-state index >= 15 is 0 Å². The molecule has 116 valence electrons.